The summed E-state index contributed by atoms with van der Waals surface area (Å²) in [5, 5.41) is 13.2. The maximum Gasteiger partial charge on any atom is 0.0741 e. The third-order valence-corrected chi connectivity index (χ3v) is 2.77. The molecule has 2 atom stereocenters. The first-order chi connectivity index (χ1) is 5.79. The fourth-order valence-electron chi connectivity index (χ4n) is 1.31. The Morgan fingerprint density at radius 2 is 1.69 bits per heavy atom. The monoisotopic (exact) mass is 187 g/mol. The van der Waals surface area contributed by atoms with Gasteiger partial charge in [-0.1, -0.05) is 20.8 Å². The minimum absolute atomic E-state index is 0.139. The lowest BCUT2D eigenvalue weighted by Gasteiger charge is -2.32. The Labute approximate surface area is 82.7 Å². The van der Waals surface area contributed by atoms with Crippen LogP contribution in [0, 0.1) is 5.92 Å². The molecular weight excluding hydrogens is 162 g/mol. The van der Waals surface area contributed by atoms with E-state index in [2.05, 4.69) is 26.1 Å². The molecule has 0 saturated heterocycles. The molecule has 0 amide bonds. The Morgan fingerprint density at radius 1 is 1.23 bits per heavy atom. The normalized spacial score (nSPS) is 17.5. The third kappa shape index (κ3) is 4.63. The van der Waals surface area contributed by atoms with E-state index in [0.717, 1.165) is 6.42 Å². The molecule has 0 heterocycles. The predicted octanol–water partition coefficient (Wildman–Crippen LogP) is 2.17. The van der Waals surface area contributed by atoms with Crippen LogP contribution < -0.4 is 5.32 Å². The fourth-order valence-corrected chi connectivity index (χ4v) is 1.31. The maximum absolute atomic E-state index is 9.75. The fraction of sp³-hybridized carbons (Fsp3) is 1.00. The molecule has 0 spiro atoms. The highest BCUT2D eigenvalue weighted by Crippen LogP contribution is 2.12. The molecule has 0 bridgehead atoms. The number of hydrogen-bond donors (Lipinski definition) is 2. The molecule has 0 saturated carbocycles. The lowest BCUT2D eigenvalue weighted by atomic mass is 9.95. The summed E-state index contributed by atoms with van der Waals surface area (Å²) < 4.78 is 0. The van der Waals surface area contributed by atoms with Gasteiger partial charge >= 0.3 is 0 Å². The van der Waals surface area contributed by atoms with Crippen molar-refractivity contribution in [3.8, 4) is 0 Å². The van der Waals surface area contributed by atoms with Crippen LogP contribution in [-0.4, -0.2) is 22.8 Å². The van der Waals surface area contributed by atoms with Gasteiger partial charge in [-0.2, -0.15) is 0 Å². The molecule has 0 radical (unpaired) electrons. The van der Waals surface area contributed by atoms with Gasteiger partial charge in [0.25, 0.3) is 0 Å². The van der Waals surface area contributed by atoms with E-state index in [-0.39, 0.29) is 6.04 Å². The van der Waals surface area contributed by atoms with Crippen LogP contribution >= 0.6 is 0 Å². The second-order valence-electron chi connectivity index (χ2n) is 4.80. The predicted molar refractivity (Wildman–Crippen MR) is 57.8 cm³/mol. The van der Waals surface area contributed by atoms with E-state index in [1.54, 1.807) is 0 Å². The third-order valence-electron chi connectivity index (χ3n) is 2.77. The first kappa shape index (κ1) is 12.9. The summed E-state index contributed by atoms with van der Waals surface area (Å²) >= 11 is 0. The summed E-state index contributed by atoms with van der Waals surface area (Å²) in [7, 11) is 0. The number of nitrogens with one attached hydrogen (secondary N) is 1. The van der Waals surface area contributed by atoms with Crippen LogP contribution in [0.4, 0.5) is 0 Å². The first-order valence-corrected chi connectivity index (χ1v) is 5.27. The van der Waals surface area contributed by atoms with Gasteiger partial charge in [0.1, 0.15) is 0 Å². The van der Waals surface area contributed by atoms with Crippen LogP contribution in [0.1, 0.15) is 48.0 Å². The van der Waals surface area contributed by atoms with Gasteiger partial charge in [-0.25, -0.2) is 0 Å². The Kier molecular flexibility index (Phi) is 4.93. The van der Waals surface area contributed by atoms with E-state index >= 15 is 0 Å². The van der Waals surface area contributed by atoms with E-state index in [1.807, 2.05) is 20.8 Å². The van der Waals surface area contributed by atoms with E-state index in [1.165, 1.54) is 0 Å². The van der Waals surface area contributed by atoms with Gasteiger partial charge in [0, 0.05) is 12.1 Å². The summed E-state index contributed by atoms with van der Waals surface area (Å²) in [5.41, 5.74) is -0.637. The Morgan fingerprint density at radius 3 is 1.92 bits per heavy atom. The Balaban J connectivity index is 4.09. The molecule has 0 aliphatic carbocycles. The van der Waals surface area contributed by atoms with Gasteiger partial charge in [0.15, 0.2) is 0 Å². The zero-order chi connectivity index (χ0) is 10.6. The summed E-state index contributed by atoms with van der Waals surface area (Å²) in [6, 6.07) is 0.640. The second-order valence-corrected chi connectivity index (χ2v) is 4.80. The van der Waals surface area contributed by atoms with Gasteiger partial charge in [-0.3, -0.25) is 0 Å². The van der Waals surface area contributed by atoms with Crippen molar-refractivity contribution < 1.29 is 5.11 Å². The molecule has 2 nitrogen and oxygen atoms in total. The van der Waals surface area contributed by atoms with Crippen molar-refractivity contribution >= 4 is 0 Å². The summed E-state index contributed by atoms with van der Waals surface area (Å²) in [5.74, 6) is 0.620. The van der Waals surface area contributed by atoms with Crippen molar-refractivity contribution in [2.45, 2.75) is 65.6 Å². The smallest absolute Gasteiger partial charge is 0.0741 e. The molecule has 13 heavy (non-hydrogen) atoms. The molecule has 0 aliphatic rings. The second kappa shape index (κ2) is 4.97. The largest absolute Gasteiger partial charge is 0.389 e. The summed E-state index contributed by atoms with van der Waals surface area (Å²) in [6.45, 7) is 12.3. The average molecular weight is 187 g/mol. The van der Waals surface area contributed by atoms with E-state index in [0.29, 0.717) is 12.0 Å². The van der Waals surface area contributed by atoms with E-state index in [9.17, 15) is 5.11 Å². The van der Waals surface area contributed by atoms with Crippen LogP contribution in [0.2, 0.25) is 0 Å². The summed E-state index contributed by atoms with van der Waals surface area (Å²) in [6.07, 6.45) is 1.11. The number of hydrogen-bond acceptors (Lipinski definition) is 2. The quantitative estimate of drug-likeness (QED) is 0.691. The highest BCUT2D eigenvalue weighted by molar-refractivity contribution is 4.83. The molecule has 0 aromatic carbocycles. The molecule has 2 unspecified atom stereocenters. The van der Waals surface area contributed by atoms with Crippen LogP contribution in [0.3, 0.4) is 0 Å². The highest BCUT2D eigenvalue weighted by atomic mass is 16.3. The van der Waals surface area contributed by atoms with Crippen molar-refractivity contribution in [3.05, 3.63) is 0 Å². The van der Waals surface area contributed by atoms with Crippen LogP contribution in [0.15, 0.2) is 0 Å². The SMILES string of the molecule is CCC(NC(C)C(C)(C)O)C(C)C. The highest BCUT2D eigenvalue weighted by Gasteiger charge is 2.24. The zero-order valence-corrected chi connectivity index (χ0v) is 9.89. The van der Waals surface area contributed by atoms with Crippen molar-refractivity contribution in [2.75, 3.05) is 0 Å². The first-order valence-electron chi connectivity index (χ1n) is 5.27. The zero-order valence-electron chi connectivity index (χ0n) is 9.89. The lowest BCUT2D eigenvalue weighted by molar-refractivity contribution is 0.0370. The molecular formula is C11H25NO. The standard InChI is InChI=1S/C11H25NO/c1-7-10(8(2)3)12-9(4)11(5,6)13/h8-10,12-13H,7H2,1-6H3. The van der Waals surface area contributed by atoms with Crippen molar-refractivity contribution in [1.29, 1.82) is 0 Å². The van der Waals surface area contributed by atoms with Crippen molar-refractivity contribution in [3.63, 3.8) is 0 Å². The van der Waals surface area contributed by atoms with Crippen molar-refractivity contribution in [1.82, 2.24) is 5.32 Å². The summed E-state index contributed by atoms with van der Waals surface area (Å²) in [4.78, 5) is 0. The number of rotatable bonds is 5. The van der Waals surface area contributed by atoms with Gasteiger partial charge in [-0.15, -0.1) is 0 Å². The molecule has 0 aromatic heterocycles. The molecule has 0 fully saturated rings. The Hall–Kier alpha value is -0.0800. The minimum Gasteiger partial charge on any atom is -0.389 e. The molecule has 2 heteroatoms. The molecule has 0 aliphatic heterocycles. The Bertz CT molecular complexity index is 138. The molecule has 0 rings (SSSR count). The molecule has 0 aromatic rings. The lowest BCUT2D eigenvalue weighted by Crippen LogP contribution is -2.50. The van der Waals surface area contributed by atoms with Crippen molar-refractivity contribution in [2.24, 2.45) is 5.92 Å². The van der Waals surface area contributed by atoms with E-state index in [4.69, 9.17) is 0 Å². The van der Waals surface area contributed by atoms with Crippen LogP contribution in [-0.2, 0) is 0 Å². The van der Waals surface area contributed by atoms with Gasteiger partial charge in [-0.05, 0) is 33.1 Å². The van der Waals surface area contributed by atoms with Gasteiger partial charge in [0.05, 0.1) is 5.60 Å². The van der Waals surface area contributed by atoms with Crippen LogP contribution in [0.25, 0.3) is 0 Å². The maximum atomic E-state index is 9.75. The molecule has 2 N–H and O–H groups in total. The van der Waals surface area contributed by atoms with Gasteiger partial charge < -0.3 is 10.4 Å². The van der Waals surface area contributed by atoms with E-state index < -0.39 is 5.60 Å². The van der Waals surface area contributed by atoms with Gasteiger partial charge in [0.2, 0.25) is 0 Å². The van der Waals surface area contributed by atoms with Crippen LogP contribution in [0.5, 0.6) is 0 Å². The average Bonchev–Trinajstić information content (AvgIpc) is 1.96. The molecule has 80 valence electrons. The minimum atomic E-state index is -0.637. The number of aliphatic hydroxyl groups is 1. The topological polar surface area (TPSA) is 32.3 Å².